The summed E-state index contributed by atoms with van der Waals surface area (Å²) in [6.45, 7) is 8.26. The van der Waals surface area contributed by atoms with Crippen molar-refractivity contribution in [2.24, 2.45) is 17.6 Å². The minimum absolute atomic E-state index is 0.124. The fourth-order valence-electron chi connectivity index (χ4n) is 1.72. The van der Waals surface area contributed by atoms with Crippen molar-refractivity contribution in [3.8, 4) is 0 Å². The minimum Gasteiger partial charge on any atom is -0.325 e. The molecule has 1 rings (SSSR count). The van der Waals surface area contributed by atoms with Crippen LogP contribution in [-0.2, 0) is 11.2 Å². The summed E-state index contributed by atoms with van der Waals surface area (Å²) in [7, 11) is 0. The summed E-state index contributed by atoms with van der Waals surface area (Å²) in [4.78, 5) is 11.8. The fraction of sp³-hybridized carbons (Fsp3) is 0.533. The Kier molecular flexibility index (Phi) is 5.35. The Morgan fingerprint density at radius 3 is 2.17 bits per heavy atom. The molecule has 0 aliphatic carbocycles. The first-order valence-corrected chi connectivity index (χ1v) is 6.55. The lowest BCUT2D eigenvalue weighted by Gasteiger charge is -2.15. The summed E-state index contributed by atoms with van der Waals surface area (Å²) < 4.78 is 0. The number of carbonyl (C=O) groups is 1. The predicted molar refractivity (Wildman–Crippen MR) is 76.4 cm³/mol. The van der Waals surface area contributed by atoms with Gasteiger partial charge in [0.1, 0.15) is 0 Å². The second-order valence-electron chi connectivity index (χ2n) is 5.55. The summed E-state index contributed by atoms with van der Waals surface area (Å²) in [5.74, 6) is 0.659. The Balaban J connectivity index is 2.61. The van der Waals surface area contributed by atoms with Gasteiger partial charge in [-0.05, 0) is 36.0 Å². The molecule has 0 saturated heterocycles. The number of carbonyl (C=O) groups excluding carboxylic acids is 1. The van der Waals surface area contributed by atoms with Crippen LogP contribution in [0.2, 0.25) is 0 Å². The molecule has 0 unspecified atom stereocenters. The van der Waals surface area contributed by atoms with Crippen molar-refractivity contribution >= 4 is 11.6 Å². The quantitative estimate of drug-likeness (QED) is 0.842. The maximum Gasteiger partial charge on any atom is 0.241 e. The van der Waals surface area contributed by atoms with Crippen LogP contribution in [0.1, 0.15) is 33.3 Å². The highest BCUT2D eigenvalue weighted by atomic mass is 16.2. The van der Waals surface area contributed by atoms with Crippen LogP contribution in [0.15, 0.2) is 24.3 Å². The average molecular weight is 248 g/mol. The molecule has 100 valence electrons. The van der Waals surface area contributed by atoms with Gasteiger partial charge in [0.25, 0.3) is 0 Å². The number of nitrogens with one attached hydrogen (secondary N) is 1. The van der Waals surface area contributed by atoms with E-state index < -0.39 is 6.04 Å². The van der Waals surface area contributed by atoms with Gasteiger partial charge in [0, 0.05) is 5.69 Å². The number of hydrogen-bond acceptors (Lipinski definition) is 2. The van der Waals surface area contributed by atoms with Crippen LogP contribution in [0.4, 0.5) is 5.69 Å². The van der Waals surface area contributed by atoms with E-state index in [0.29, 0.717) is 5.92 Å². The first kappa shape index (κ1) is 14.7. The largest absolute Gasteiger partial charge is 0.325 e. The highest BCUT2D eigenvalue weighted by molar-refractivity contribution is 5.94. The predicted octanol–water partition coefficient (Wildman–Crippen LogP) is 2.81. The number of anilines is 1. The van der Waals surface area contributed by atoms with Gasteiger partial charge >= 0.3 is 0 Å². The zero-order chi connectivity index (χ0) is 13.7. The number of amides is 1. The molecule has 1 atom stereocenters. The van der Waals surface area contributed by atoms with E-state index in [1.807, 2.05) is 26.0 Å². The van der Waals surface area contributed by atoms with Crippen LogP contribution >= 0.6 is 0 Å². The van der Waals surface area contributed by atoms with E-state index in [1.54, 1.807) is 0 Å². The summed E-state index contributed by atoms with van der Waals surface area (Å²) in [6, 6.07) is 7.51. The SMILES string of the molecule is CC(C)Cc1ccc(NC(=O)[C@@H](N)C(C)C)cc1. The van der Waals surface area contributed by atoms with Gasteiger partial charge in [0.2, 0.25) is 5.91 Å². The molecular weight excluding hydrogens is 224 g/mol. The Morgan fingerprint density at radius 1 is 1.17 bits per heavy atom. The Hall–Kier alpha value is -1.35. The van der Waals surface area contributed by atoms with Crippen LogP contribution in [-0.4, -0.2) is 11.9 Å². The van der Waals surface area contributed by atoms with Gasteiger partial charge in [0.05, 0.1) is 6.04 Å². The standard InChI is InChI=1S/C15H24N2O/c1-10(2)9-12-5-7-13(8-6-12)17-15(18)14(16)11(3)4/h5-8,10-11,14H,9,16H2,1-4H3,(H,17,18)/t14-/m0/s1. The molecule has 18 heavy (non-hydrogen) atoms. The number of hydrogen-bond donors (Lipinski definition) is 2. The number of nitrogens with two attached hydrogens (primary N) is 1. The van der Waals surface area contributed by atoms with Crippen molar-refractivity contribution in [3.05, 3.63) is 29.8 Å². The highest BCUT2D eigenvalue weighted by Gasteiger charge is 2.16. The molecule has 3 N–H and O–H groups in total. The maximum absolute atomic E-state index is 11.8. The van der Waals surface area contributed by atoms with Crippen LogP contribution in [0, 0.1) is 11.8 Å². The molecule has 0 bridgehead atoms. The van der Waals surface area contributed by atoms with Crippen molar-refractivity contribution < 1.29 is 4.79 Å². The third-order valence-corrected chi connectivity index (χ3v) is 2.89. The van der Waals surface area contributed by atoms with Crippen LogP contribution in [0.25, 0.3) is 0 Å². The zero-order valence-electron chi connectivity index (χ0n) is 11.7. The van der Waals surface area contributed by atoms with Gasteiger partial charge in [-0.1, -0.05) is 39.8 Å². The lowest BCUT2D eigenvalue weighted by molar-refractivity contribution is -0.118. The van der Waals surface area contributed by atoms with Crippen molar-refractivity contribution in [3.63, 3.8) is 0 Å². The zero-order valence-corrected chi connectivity index (χ0v) is 11.7. The Labute approximate surface area is 110 Å². The van der Waals surface area contributed by atoms with E-state index >= 15 is 0 Å². The molecule has 3 nitrogen and oxygen atoms in total. The van der Waals surface area contributed by atoms with E-state index in [9.17, 15) is 4.79 Å². The minimum atomic E-state index is -0.458. The van der Waals surface area contributed by atoms with E-state index in [0.717, 1.165) is 12.1 Å². The third kappa shape index (κ3) is 4.49. The van der Waals surface area contributed by atoms with Crippen LogP contribution in [0.5, 0.6) is 0 Å². The molecular formula is C15H24N2O. The summed E-state index contributed by atoms with van der Waals surface area (Å²) in [5.41, 5.74) is 7.89. The second-order valence-corrected chi connectivity index (χ2v) is 5.55. The van der Waals surface area contributed by atoms with E-state index in [4.69, 9.17) is 5.73 Å². The molecule has 0 fully saturated rings. The molecule has 0 heterocycles. The van der Waals surface area contributed by atoms with Crippen LogP contribution in [0.3, 0.4) is 0 Å². The van der Waals surface area contributed by atoms with Gasteiger partial charge in [-0.15, -0.1) is 0 Å². The lowest BCUT2D eigenvalue weighted by atomic mass is 10.0. The van der Waals surface area contributed by atoms with Gasteiger partial charge in [-0.25, -0.2) is 0 Å². The molecule has 3 heteroatoms. The summed E-state index contributed by atoms with van der Waals surface area (Å²) >= 11 is 0. The average Bonchev–Trinajstić information content (AvgIpc) is 2.29. The van der Waals surface area contributed by atoms with E-state index in [1.165, 1.54) is 5.56 Å². The van der Waals surface area contributed by atoms with Gasteiger partial charge in [0.15, 0.2) is 0 Å². The van der Waals surface area contributed by atoms with E-state index in [2.05, 4.69) is 31.3 Å². The molecule has 0 radical (unpaired) electrons. The highest BCUT2D eigenvalue weighted by Crippen LogP contribution is 2.13. The molecule has 0 spiro atoms. The summed E-state index contributed by atoms with van der Waals surface area (Å²) in [5, 5.41) is 2.84. The van der Waals surface area contributed by atoms with Crippen molar-refractivity contribution in [2.45, 2.75) is 40.2 Å². The number of rotatable bonds is 5. The monoisotopic (exact) mass is 248 g/mol. The first-order valence-electron chi connectivity index (χ1n) is 6.55. The van der Waals surface area contributed by atoms with Crippen molar-refractivity contribution in [1.29, 1.82) is 0 Å². The van der Waals surface area contributed by atoms with Gasteiger partial charge in [-0.3, -0.25) is 4.79 Å². The van der Waals surface area contributed by atoms with E-state index in [-0.39, 0.29) is 11.8 Å². The first-order chi connectivity index (χ1) is 8.40. The second kappa shape index (κ2) is 6.55. The molecule has 0 aliphatic heterocycles. The molecule has 0 saturated carbocycles. The molecule has 1 aromatic carbocycles. The molecule has 1 aromatic rings. The Morgan fingerprint density at radius 2 is 1.72 bits per heavy atom. The lowest BCUT2D eigenvalue weighted by Crippen LogP contribution is -2.39. The number of benzene rings is 1. The van der Waals surface area contributed by atoms with Crippen molar-refractivity contribution in [2.75, 3.05) is 5.32 Å². The third-order valence-electron chi connectivity index (χ3n) is 2.89. The molecule has 1 amide bonds. The smallest absolute Gasteiger partial charge is 0.241 e. The van der Waals surface area contributed by atoms with Gasteiger partial charge in [-0.2, -0.15) is 0 Å². The normalized spacial score (nSPS) is 12.8. The molecule has 0 aromatic heterocycles. The maximum atomic E-state index is 11.8. The van der Waals surface area contributed by atoms with Gasteiger partial charge < -0.3 is 11.1 Å². The Bertz CT molecular complexity index is 382. The fourth-order valence-corrected chi connectivity index (χ4v) is 1.72. The summed E-state index contributed by atoms with van der Waals surface area (Å²) in [6.07, 6.45) is 1.06. The molecule has 0 aliphatic rings. The van der Waals surface area contributed by atoms with Crippen molar-refractivity contribution in [1.82, 2.24) is 0 Å². The van der Waals surface area contributed by atoms with Crippen LogP contribution < -0.4 is 11.1 Å². The topological polar surface area (TPSA) is 55.1 Å².